The van der Waals surface area contributed by atoms with Gasteiger partial charge in [0.25, 0.3) is 0 Å². The second-order valence-electron chi connectivity index (χ2n) is 8.52. The summed E-state index contributed by atoms with van der Waals surface area (Å²) in [6.07, 6.45) is -1.29. The molecule has 0 bridgehead atoms. The van der Waals surface area contributed by atoms with Crippen LogP contribution in [0.2, 0.25) is 0 Å². The number of halogens is 3. The molecule has 8 heteroatoms. The largest absolute Gasteiger partial charge is 0.465 e. The number of benzene rings is 3. The van der Waals surface area contributed by atoms with Crippen LogP contribution in [0.1, 0.15) is 33.7 Å². The first kappa shape index (κ1) is 22.7. The lowest BCUT2D eigenvalue weighted by Crippen LogP contribution is -2.35. The number of ether oxygens (including phenoxy) is 1. The van der Waals surface area contributed by atoms with E-state index in [9.17, 15) is 21.6 Å². The molecule has 0 saturated heterocycles. The Labute approximate surface area is 196 Å². The maximum Gasteiger partial charge on any atom is 0.399 e. The zero-order chi connectivity index (χ0) is 23.9. The Morgan fingerprint density at radius 1 is 0.941 bits per heavy atom. The average molecular weight is 486 g/mol. The van der Waals surface area contributed by atoms with Crippen molar-refractivity contribution in [1.82, 2.24) is 4.31 Å². The van der Waals surface area contributed by atoms with Crippen LogP contribution in [0.3, 0.4) is 0 Å². The first-order chi connectivity index (χ1) is 16.2. The molecule has 0 amide bonds. The van der Waals surface area contributed by atoms with Gasteiger partial charge in [-0.1, -0.05) is 48.5 Å². The Morgan fingerprint density at radius 2 is 1.65 bits per heavy atom. The van der Waals surface area contributed by atoms with Crippen molar-refractivity contribution >= 4 is 10.0 Å². The molecule has 0 aromatic heterocycles. The molecule has 1 atom stereocenters. The molecule has 3 aromatic rings. The average Bonchev–Trinajstić information content (AvgIpc) is 2.83. The third-order valence-corrected chi connectivity index (χ3v) is 8.15. The third kappa shape index (κ3) is 4.35. The van der Waals surface area contributed by atoms with E-state index in [1.54, 1.807) is 36.4 Å². The van der Waals surface area contributed by atoms with Crippen molar-refractivity contribution in [2.45, 2.75) is 36.4 Å². The summed E-state index contributed by atoms with van der Waals surface area (Å²) in [6, 6.07) is 19.2. The van der Waals surface area contributed by atoms with Crippen molar-refractivity contribution in [3.63, 3.8) is 0 Å². The van der Waals surface area contributed by atoms with Crippen LogP contribution in [0, 0.1) is 0 Å². The summed E-state index contributed by atoms with van der Waals surface area (Å²) in [4.78, 5) is 0.205. The zero-order valence-electron chi connectivity index (χ0n) is 18.1. The molecular formula is C26H22F3NO3S. The van der Waals surface area contributed by atoms with Crippen LogP contribution in [0.25, 0.3) is 0 Å². The molecule has 0 aliphatic carbocycles. The number of rotatable bonds is 4. The van der Waals surface area contributed by atoms with Gasteiger partial charge in [0, 0.05) is 18.7 Å². The highest BCUT2D eigenvalue weighted by Crippen LogP contribution is 2.43. The number of hydrogen-bond acceptors (Lipinski definition) is 3. The number of fused-ring (bicyclic) bond motifs is 2. The fourth-order valence-corrected chi connectivity index (χ4v) is 5.90. The number of hydrogen-bond donors (Lipinski definition) is 0. The van der Waals surface area contributed by atoms with E-state index in [-0.39, 0.29) is 16.2 Å². The smallest absolute Gasteiger partial charge is 0.399 e. The molecule has 4 nitrogen and oxygen atoms in total. The molecule has 2 aliphatic heterocycles. The van der Waals surface area contributed by atoms with Gasteiger partial charge in [-0.15, -0.1) is 0 Å². The summed E-state index contributed by atoms with van der Waals surface area (Å²) in [5.74, 6) is -1.52. The Kier molecular flexibility index (Phi) is 5.73. The molecule has 0 spiro atoms. The van der Waals surface area contributed by atoms with E-state index in [1.807, 2.05) is 24.3 Å². The Balaban J connectivity index is 1.34. The summed E-state index contributed by atoms with van der Waals surface area (Å²) < 4.78 is 73.2. The molecule has 1 unspecified atom stereocenters. The zero-order valence-corrected chi connectivity index (χ0v) is 18.9. The normalized spacial score (nSPS) is 18.1. The fraction of sp³-hybridized carbons (Fsp3) is 0.231. The highest BCUT2D eigenvalue weighted by atomic mass is 32.2. The Morgan fingerprint density at radius 3 is 2.38 bits per heavy atom. The molecule has 0 N–H and O–H groups in total. The summed E-state index contributed by atoms with van der Waals surface area (Å²) in [7, 11) is -3.65. The lowest BCUT2D eigenvalue weighted by atomic mass is 9.92. The monoisotopic (exact) mass is 485 g/mol. The maximum atomic E-state index is 13.4. The van der Waals surface area contributed by atoms with Gasteiger partial charge in [0.15, 0.2) is 0 Å². The number of nitrogens with zero attached hydrogens (tertiary/aromatic N) is 1. The van der Waals surface area contributed by atoms with E-state index < -0.39 is 22.1 Å². The number of allylic oxidation sites excluding steroid dienone is 1. The van der Waals surface area contributed by atoms with Crippen molar-refractivity contribution in [3.05, 3.63) is 107 Å². The highest BCUT2D eigenvalue weighted by molar-refractivity contribution is 7.89. The van der Waals surface area contributed by atoms with Gasteiger partial charge in [0.05, 0.1) is 11.2 Å². The Hall–Kier alpha value is -3.10. The molecule has 34 heavy (non-hydrogen) atoms. The quantitative estimate of drug-likeness (QED) is 0.485. The first-order valence-electron chi connectivity index (χ1n) is 10.9. The third-order valence-electron chi connectivity index (χ3n) is 6.29. The summed E-state index contributed by atoms with van der Waals surface area (Å²) >= 11 is 0. The summed E-state index contributed by atoms with van der Waals surface area (Å²) in [5.41, 5.74) is 3.76. The van der Waals surface area contributed by atoms with Crippen molar-refractivity contribution in [3.8, 4) is 5.75 Å². The molecule has 2 heterocycles. The van der Waals surface area contributed by atoms with Gasteiger partial charge < -0.3 is 4.74 Å². The minimum atomic E-state index is -4.40. The molecule has 0 saturated carbocycles. The van der Waals surface area contributed by atoms with Crippen molar-refractivity contribution in [2.24, 2.45) is 0 Å². The van der Waals surface area contributed by atoms with Crippen LogP contribution in [0.5, 0.6) is 5.75 Å². The Bertz CT molecular complexity index is 1350. The summed E-state index contributed by atoms with van der Waals surface area (Å²) in [5, 5.41) is 0. The van der Waals surface area contributed by atoms with E-state index in [0.717, 1.165) is 23.5 Å². The van der Waals surface area contributed by atoms with Crippen LogP contribution in [-0.4, -0.2) is 25.4 Å². The fourth-order valence-electron chi connectivity index (χ4n) is 4.48. The minimum Gasteiger partial charge on any atom is -0.465 e. The molecule has 5 rings (SSSR count). The van der Waals surface area contributed by atoms with E-state index in [4.69, 9.17) is 4.74 Å². The second-order valence-corrected chi connectivity index (χ2v) is 10.5. The van der Waals surface area contributed by atoms with Crippen LogP contribution in [0.15, 0.2) is 84.0 Å². The van der Waals surface area contributed by atoms with Gasteiger partial charge in [0.1, 0.15) is 11.7 Å². The first-order valence-corrected chi connectivity index (χ1v) is 12.3. The predicted octanol–water partition coefficient (Wildman–Crippen LogP) is 5.58. The topological polar surface area (TPSA) is 46.6 Å². The number of sulfonamides is 1. The molecule has 3 aromatic carbocycles. The second kappa shape index (κ2) is 8.60. The molecule has 2 aliphatic rings. The van der Waals surface area contributed by atoms with Crippen LogP contribution < -0.4 is 4.74 Å². The van der Waals surface area contributed by atoms with Crippen molar-refractivity contribution in [1.29, 1.82) is 0 Å². The van der Waals surface area contributed by atoms with E-state index in [0.29, 0.717) is 31.5 Å². The summed E-state index contributed by atoms with van der Waals surface area (Å²) in [6.45, 7) is 0.763. The van der Waals surface area contributed by atoms with Crippen LogP contribution in [0.4, 0.5) is 13.2 Å². The van der Waals surface area contributed by atoms with Gasteiger partial charge in [-0.3, -0.25) is 0 Å². The van der Waals surface area contributed by atoms with Gasteiger partial charge in [-0.25, -0.2) is 8.42 Å². The SMILES string of the molecule is O=S(=O)(c1ccc(Cc2ccc3c(c2)C(C(F)(F)F)C=CO3)cc1)N1CCc2ccccc2C1. The van der Waals surface area contributed by atoms with Crippen LogP contribution in [-0.2, 0) is 29.4 Å². The van der Waals surface area contributed by atoms with Gasteiger partial charge in [0.2, 0.25) is 10.0 Å². The van der Waals surface area contributed by atoms with E-state index >= 15 is 0 Å². The molecule has 0 fully saturated rings. The highest BCUT2D eigenvalue weighted by Gasteiger charge is 2.42. The maximum absolute atomic E-state index is 13.4. The van der Waals surface area contributed by atoms with E-state index in [1.165, 1.54) is 15.9 Å². The molecule has 0 radical (unpaired) electrons. The standard InChI is InChI=1S/C26H22F3NO3S/c27-26(28,29)24-12-14-33-25-10-7-19(16-23(24)25)15-18-5-8-22(9-6-18)34(31,32)30-13-11-20-3-1-2-4-21(20)17-30/h1-10,12,14,16,24H,11,13,15,17H2. The lowest BCUT2D eigenvalue weighted by molar-refractivity contribution is -0.140. The van der Waals surface area contributed by atoms with Gasteiger partial charge >= 0.3 is 6.18 Å². The predicted molar refractivity (Wildman–Crippen MR) is 122 cm³/mol. The number of alkyl halides is 3. The van der Waals surface area contributed by atoms with Gasteiger partial charge in [-0.05, 0) is 59.4 Å². The van der Waals surface area contributed by atoms with Gasteiger partial charge in [-0.2, -0.15) is 17.5 Å². The van der Waals surface area contributed by atoms with Crippen LogP contribution >= 0.6 is 0 Å². The van der Waals surface area contributed by atoms with Crippen molar-refractivity contribution < 1.29 is 26.3 Å². The van der Waals surface area contributed by atoms with Crippen molar-refractivity contribution in [2.75, 3.05) is 6.54 Å². The molecule has 176 valence electrons. The van der Waals surface area contributed by atoms with E-state index in [2.05, 4.69) is 0 Å². The lowest BCUT2D eigenvalue weighted by Gasteiger charge is -2.28. The minimum absolute atomic E-state index is 0.0806. The molecular weight excluding hydrogens is 463 g/mol.